The molecule has 0 bridgehead atoms. The number of hydrogen-bond donors (Lipinski definition) is 2. The highest BCUT2D eigenvalue weighted by Gasteiger charge is 2.22. The summed E-state index contributed by atoms with van der Waals surface area (Å²) in [6.07, 6.45) is 5.78. The van der Waals surface area contributed by atoms with Crippen molar-refractivity contribution in [1.29, 1.82) is 0 Å². The number of aliphatic hydroxyl groups is 1. The minimum Gasteiger partial charge on any atom is -0.491 e. The van der Waals surface area contributed by atoms with E-state index in [1.807, 2.05) is 6.92 Å². The van der Waals surface area contributed by atoms with E-state index in [-0.39, 0.29) is 12.5 Å². The SMILES string of the molecule is CCOc1cccnc1C(=O)NCCCCN1CCCC1CO. The van der Waals surface area contributed by atoms with Gasteiger partial charge in [0, 0.05) is 18.8 Å². The van der Waals surface area contributed by atoms with E-state index >= 15 is 0 Å². The van der Waals surface area contributed by atoms with Gasteiger partial charge in [-0.15, -0.1) is 0 Å². The molecule has 1 fully saturated rings. The van der Waals surface area contributed by atoms with E-state index in [1.165, 1.54) is 6.42 Å². The number of carbonyl (C=O) groups is 1. The van der Waals surface area contributed by atoms with Gasteiger partial charge in [0.25, 0.3) is 5.91 Å². The zero-order chi connectivity index (χ0) is 16.5. The predicted molar refractivity (Wildman–Crippen MR) is 88.7 cm³/mol. The van der Waals surface area contributed by atoms with Crippen LogP contribution in [0.4, 0.5) is 0 Å². The third-order valence-corrected chi connectivity index (χ3v) is 4.15. The molecule has 2 N–H and O–H groups in total. The van der Waals surface area contributed by atoms with Gasteiger partial charge >= 0.3 is 0 Å². The number of nitrogens with zero attached hydrogens (tertiary/aromatic N) is 2. The molecule has 1 amide bonds. The van der Waals surface area contributed by atoms with Crippen molar-refractivity contribution in [3.8, 4) is 5.75 Å². The third-order valence-electron chi connectivity index (χ3n) is 4.15. The van der Waals surface area contributed by atoms with Crippen molar-refractivity contribution in [2.45, 2.75) is 38.6 Å². The molecule has 6 heteroatoms. The molecule has 1 unspecified atom stereocenters. The van der Waals surface area contributed by atoms with Gasteiger partial charge in [0.15, 0.2) is 11.4 Å². The summed E-state index contributed by atoms with van der Waals surface area (Å²) in [6.45, 7) is 5.31. The summed E-state index contributed by atoms with van der Waals surface area (Å²) in [5.41, 5.74) is 0.342. The van der Waals surface area contributed by atoms with Crippen LogP contribution in [0, 0.1) is 0 Å². The Morgan fingerprint density at radius 2 is 2.39 bits per heavy atom. The van der Waals surface area contributed by atoms with Crippen molar-refractivity contribution < 1.29 is 14.6 Å². The molecule has 2 heterocycles. The monoisotopic (exact) mass is 321 g/mol. The summed E-state index contributed by atoms with van der Waals surface area (Å²) in [7, 11) is 0. The molecule has 23 heavy (non-hydrogen) atoms. The molecule has 6 nitrogen and oxygen atoms in total. The normalized spacial score (nSPS) is 18.1. The first kappa shape index (κ1) is 17.7. The lowest BCUT2D eigenvalue weighted by molar-refractivity contribution is 0.0943. The van der Waals surface area contributed by atoms with Crippen molar-refractivity contribution in [2.24, 2.45) is 0 Å². The third kappa shape index (κ3) is 5.18. The smallest absolute Gasteiger partial charge is 0.273 e. The maximum Gasteiger partial charge on any atom is 0.273 e. The number of pyridine rings is 1. The molecule has 1 aromatic heterocycles. The van der Waals surface area contributed by atoms with Gasteiger partial charge in [-0.1, -0.05) is 0 Å². The summed E-state index contributed by atoms with van der Waals surface area (Å²) in [5, 5.41) is 12.2. The minimum atomic E-state index is -0.191. The number of likely N-dealkylation sites (tertiary alicyclic amines) is 1. The Bertz CT molecular complexity index is 496. The lowest BCUT2D eigenvalue weighted by Crippen LogP contribution is -2.33. The molecule has 0 saturated carbocycles. The van der Waals surface area contributed by atoms with E-state index in [1.54, 1.807) is 18.3 Å². The molecule has 0 aromatic carbocycles. The molecule has 0 aliphatic carbocycles. The fraction of sp³-hybridized carbons (Fsp3) is 0.647. The van der Waals surface area contributed by atoms with Crippen LogP contribution in [0.3, 0.4) is 0 Å². The first-order chi connectivity index (χ1) is 11.3. The van der Waals surface area contributed by atoms with E-state index in [0.717, 1.165) is 32.4 Å². The van der Waals surface area contributed by atoms with Gasteiger partial charge in [-0.05, 0) is 57.8 Å². The number of ether oxygens (including phenoxy) is 1. The second kappa shape index (κ2) is 9.47. The Labute approximate surface area is 137 Å². The van der Waals surface area contributed by atoms with E-state index in [0.29, 0.717) is 30.6 Å². The summed E-state index contributed by atoms with van der Waals surface area (Å²) >= 11 is 0. The van der Waals surface area contributed by atoms with Gasteiger partial charge in [-0.2, -0.15) is 0 Å². The number of aromatic nitrogens is 1. The fourth-order valence-electron chi connectivity index (χ4n) is 2.95. The molecule has 1 saturated heterocycles. The molecular weight excluding hydrogens is 294 g/mol. The zero-order valence-corrected chi connectivity index (χ0v) is 13.8. The first-order valence-electron chi connectivity index (χ1n) is 8.47. The van der Waals surface area contributed by atoms with E-state index in [2.05, 4.69) is 15.2 Å². The predicted octanol–water partition coefficient (Wildman–Crippen LogP) is 1.45. The van der Waals surface area contributed by atoms with Crippen LogP contribution < -0.4 is 10.1 Å². The highest BCUT2D eigenvalue weighted by atomic mass is 16.5. The Morgan fingerprint density at radius 1 is 1.52 bits per heavy atom. The number of unbranched alkanes of at least 4 members (excludes halogenated alkanes) is 1. The van der Waals surface area contributed by atoms with Crippen molar-refractivity contribution in [2.75, 3.05) is 32.8 Å². The topological polar surface area (TPSA) is 74.7 Å². The largest absolute Gasteiger partial charge is 0.491 e. The van der Waals surface area contributed by atoms with Crippen LogP contribution in [-0.4, -0.2) is 59.8 Å². The number of hydrogen-bond acceptors (Lipinski definition) is 5. The number of amides is 1. The van der Waals surface area contributed by atoms with Crippen LogP contribution in [0.2, 0.25) is 0 Å². The quantitative estimate of drug-likeness (QED) is 0.673. The number of nitrogens with one attached hydrogen (secondary N) is 1. The van der Waals surface area contributed by atoms with Crippen molar-refractivity contribution in [1.82, 2.24) is 15.2 Å². The molecule has 0 radical (unpaired) electrons. The number of carbonyl (C=O) groups excluding carboxylic acids is 1. The maximum absolute atomic E-state index is 12.2. The number of aliphatic hydroxyl groups excluding tert-OH is 1. The highest BCUT2D eigenvalue weighted by Crippen LogP contribution is 2.17. The van der Waals surface area contributed by atoms with Crippen molar-refractivity contribution >= 4 is 5.91 Å². The average molecular weight is 321 g/mol. The van der Waals surface area contributed by atoms with Crippen LogP contribution in [0.1, 0.15) is 43.1 Å². The molecule has 1 aliphatic heterocycles. The summed E-state index contributed by atoms with van der Waals surface area (Å²) < 4.78 is 5.42. The van der Waals surface area contributed by atoms with Gasteiger partial charge in [0.2, 0.25) is 0 Å². The first-order valence-corrected chi connectivity index (χ1v) is 8.47. The summed E-state index contributed by atoms with van der Waals surface area (Å²) in [6, 6.07) is 3.84. The minimum absolute atomic E-state index is 0.191. The molecule has 1 aromatic rings. The van der Waals surface area contributed by atoms with Gasteiger partial charge < -0.3 is 15.2 Å². The van der Waals surface area contributed by atoms with Crippen LogP contribution >= 0.6 is 0 Å². The average Bonchev–Trinajstić information content (AvgIpc) is 3.02. The standard InChI is InChI=1S/C17H27N3O3/c1-2-23-15-8-5-10-18-16(15)17(22)19-9-3-4-11-20-12-6-7-14(20)13-21/h5,8,10,14,21H,2-4,6-7,9,11-13H2,1H3,(H,19,22). The van der Waals surface area contributed by atoms with E-state index < -0.39 is 0 Å². The Kier molecular flexibility index (Phi) is 7.29. The molecule has 0 spiro atoms. The second-order valence-electron chi connectivity index (χ2n) is 5.76. The molecular formula is C17H27N3O3. The Balaban J connectivity index is 1.69. The van der Waals surface area contributed by atoms with Crippen LogP contribution in [0.15, 0.2) is 18.3 Å². The van der Waals surface area contributed by atoms with Gasteiger partial charge in [0.05, 0.1) is 13.2 Å². The van der Waals surface area contributed by atoms with E-state index in [4.69, 9.17) is 4.74 Å². The van der Waals surface area contributed by atoms with Crippen molar-refractivity contribution in [3.05, 3.63) is 24.0 Å². The lowest BCUT2D eigenvalue weighted by atomic mass is 10.2. The molecule has 128 valence electrons. The van der Waals surface area contributed by atoms with Crippen LogP contribution in [-0.2, 0) is 0 Å². The van der Waals surface area contributed by atoms with E-state index in [9.17, 15) is 9.90 Å². The molecule has 2 rings (SSSR count). The van der Waals surface area contributed by atoms with Crippen molar-refractivity contribution in [3.63, 3.8) is 0 Å². The highest BCUT2D eigenvalue weighted by molar-refractivity contribution is 5.94. The van der Waals surface area contributed by atoms with Gasteiger partial charge in [-0.3, -0.25) is 9.69 Å². The maximum atomic E-state index is 12.2. The number of rotatable bonds is 9. The zero-order valence-electron chi connectivity index (χ0n) is 13.8. The summed E-state index contributed by atoms with van der Waals surface area (Å²) in [4.78, 5) is 18.6. The van der Waals surface area contributed by atoms with Crippen LogP contribution in [0.25, 0.3) is 0 Å². The molecule has 1 aliphatic rings. The lowest BCUT2D eigenvalue weighted by Gasteiger charge is -2.22. The van der Waals surface area contributed by atoms with Gasteiger partial charge in [0.1, 0.15) is 0 Å². The second-order valence-corrected chi connectivity index (χ2v) is 5.76. The van der Waals surface area contributed by atoms with Crippen LogP contribution in [0.5, 0.6) is 5.75 Å². The fourth-order valence-corrected chi connectivity index (χ4v) is 2.95. The Morgan fingerprint density at radius 3 is 3.17 bits per heavy atom. The van der Waals surface area contributed by atoms with Gasteiger partial charge in [-0.25, -0.2) is 4.98 Å². The Hall–Kier alpha value is -1.66. The molecule has 1 atom stereocenters. The summed E-state index contributed by atoms with van der Waals surface area (Å²) in [5.74, 6) is 0.332.